The summed E-state index contributed by atoms with van der Waals surface area (Å²) in [6, 6.07) is 9.09. The van der Waals surface area contributed by atoms with Crippen LogP contribution in [0.1, 0.15) is 45.2 Å². The third kappa shape index (κ3) is 3.57. The van der Waals surface area contributed by atoms with Gasteiger partial charge in [-0.3, -0.25) is 14.3 Å². The molecule has 8 nitrogen and oxygen atoms in total. The van der Waals surface area contributed by atoms with Crippen LogP contribution in [0.3, 0.4) is 0 Å². The molecule has 0 radical (unpaired) electrons. The maximum Gasteiger partial charge on any atom is 0.411 e. The van der Waals surface area contributed by atoms with Crippen molar-refractivity contribution in [3.8, 4) is 5.69 Å². The van der Waals surface area contributed by atoms with Crippen LogP contribution in [0.4, 0.5) is 4.79 Å². The Bertz CT molecular complexity index is 1240. The fourth-order valence-corrected chi connectivity index (χ4v) is 4.61. The van der Waals surface area contributed by atoms with Gasteiger partial charge in [-0.1, -0.05) is 23.7 Å². The number of ether oxygens (including phenoxy) is 2. The quantitative estimate of drug-likeness (QED) is 0.624. The molecule has 2 aliphatic rings. The van der Waals surface area contributed by atoms with E-state index < -0.39 is 5.60 Å². The molecule has 32 heavy (non-hydrogen) atoms. The van der Waals surface area contributed by atoms with Gasteiger partial charge in [0.05, 0.1) is 36.5 Å². The average Bonchev–Trinajstić information content (AvgIpc) is 3.39. The molecule has 1 aliphatic heterocycles. The minimum Gasteiger partial charge on any atom is -0.444 e. The summed E-state index contributed by atoms with van der Waals surface area (Å²) >= 11 is 6.42. The highest BCUT2D eigenvalue weighted by atomic mass is 35.5. The third-order valence-corrected chi connectivity index (χ3v) is 6.26. The number of hydrogen-bond acceptors (Lipinski definition) is 5. The maximum absolute atomic E-state index is 13.1. The second-order valence-electron chi connectivity index (χ2n) is 9.47. The zero-order valence-corrected chi connectivity index (χ0v) is 19.0. The van der Waals surface area contributed by atoms with E-state index in [1.165, 1.54) is 6.33 Å². The van der Waals surface area contributed by atoms with Gasteiger partial charge in [0.1, 0.15) is 10.8 Å². The van der Waals surface area contributed by atoms with Crippen LogP contribution < -0.4 is 5.56 Å². The Balaban J connectivity index is 1.49. The lowest BCUT2D eigenvalue weighted by atomic mass is 10.0. The number of nitrogens with one attached hydrogen (secondary N) is 1. The molecule has 1 N–H and O–H groups in total. The maximum atomic E-state index is 13.1. The van der Waals surface area contributed by atoms with E-state index in [1.807, 2.05) is 49.9 Å². The number of morpholine rings is 1. The minimum atomic E-state index is -0.572. The zero-order valence-electron chi connectivity index (χ0n) is 18.2. The Morgan fingerprint density at radius 2 is 2.00 bits per heavy atom. The van der Waals surface area contributed by atoms with Crippen LogP contribution in [0, 0.1) is 0 Å². The molecular formula is C23H25ClN4O4. The number of hydrogen-bond donors (Lipinski definition) is 1. The van der Waals surface area contributed by atoms with Gasteiger partial charge in [-0.15, -0.1) is 0 Å². The normalized spacial score (nSPS) is 20.0. The molecule has 5 rings (SSSR count). The number of halogens is 1. The first-order chi connectivity index (χ1) is 15.2. The Kier molecular flexibility index (Phi) is 4.83. The molecule has 1 amide bonds. The Labute approximate surface area is 190 Å². The molecule has 1 aromatic carbocycles. The van der Waals surface area contributed by atoms with E-state index in [1.54, 1.807) is 10.6 Å². The second-order valence-corrected chi connectivity index (χ2v) is 9.86. The van der Waals surface area contributed by atoms with E-state index in [2.05, 4.69) is 9.97 Å². The fraction of sp³-hybridized carbons (Fsp3) is 0.435. The molecule has 1 saturated carbocycles. The standard InChI is InChI=1S/C23H25ClN4O4/c1-22(2,3)32-21(30)28-17(11-31-12-23(28)8-9-23)14-4-6-15(7-5-14)27-18(24)10-16-19(27)25-13-26-20(16)29/h4-7,10,13,17H,8-9,11-12H2,1-3H3,(H,25,26,29). The predicted molar refractivity (Wildman–Crippen MR) is 120 cm³/mol. The first kappa shape index (κ1) is 21.0. The second kappa shape index (κ2) is 7.35. The molecule has 1 aliphatic carbocycles. The number of benzene rings is 1. The van der Waals surface area contributed by atoms with Crippen LogP contribution in [0.25, 0.3) is 16.7 Å². The Morgan fingerprint density at radius 3 is 2.66 bits per heavy atom. The van der Waals surface area contributed by atoms with Gasteiger partial charge >= 0.3 is 6.09 Å². The van der Waals surface area contributed by atoms with E-state index in [0.29, 0.717) is 29.4 Å². The molecule has 3 aromatic rings. The summed E-state index contributed by atoms with van der Waals surface area (Å²) in [6.07, 6.45) is 2.87. The van der Waals surface area contributed by atoms with Crippen molar-refractivity contribution in [2.24, 2.45) is 0 Å². The molecule has 9 heteroatoms. The first-order valence-corrected chi connectivity index (χ1v) is 11.0. The average molecular weight is 457 g/mol. The number of nitrogens with zero attached hydrogens (tertiary/aromatic N) is 3. The zero-order chi connectivity index (χ0) is 22.7. The number of amides is 1. The number of aromatic nitrogens is 3. The largest absolute Gasteiger partial charge is 0.444 e. The number of H-pyrrole nitrogens is 1. The molecule has 2 aromatic heterocycles. The fourth-order valence-electron chi connectivity index (χ4n) is 4.33. The smallest absolute Gasteiger partial charge is 0.411 e. The van der Waals surface area contributed by atoms with Crippen molar-refractivity contribution in [3.05, 3.63) is 57.7 Å². The van der Waals surface area contributed by atoms with E-state index in [4.69, 9.17) is 21.1 Å². The van der Waals surface area contributed by atoms with E-state index >= 15 is 0 Å². The lowest BCUT2D eigenvalue weighted by Gasteiger charge is -2.43. The van der Waals surface area contributed by atoms with Crippen LogP contribution >= 0.6 is 11.6 Å². The van der Waals surface area contributed by atoms with Gasteiger partial charge in [0.25, 0.3) is 5.56 Å². The van der Waals surface area contributed by atoms with Crippen molar-refractivity contribution >= 4 is 28.7 Å². The lowest BCUT2D eigenvalue weighted by Crippen LogP contribution is -2.53. The predicted octanol–water partition coefficient (Wildman–Crippen LogP) is 4.21. The molecule has 168 valence electrons. The Hall–Kier alpha value is -2.84. The number of aromatic amines is 1. The SMILES string of the molecule is CC(C)(C)OC(=O)N1C(c2ccc(-n3c(Cl)cc4c(=O)[nH]cnc43)cc2)COCC12CC2. The van der Waals surface area contributed by atoms with Crippen LogP contribution in [0.15, 0.2) is 41.5 Å². The van der Waals surface area contributed by atoms with Crippen molar-refractivity contribution < 1.29 is 14.3 Å². The van der Waals surface area contributed by atoms with Crippen molar-refractivity contribution in [3.63, 3.8) is 0 Å². The summed E-state index contributed by atoms with van der Waals surface area (Å²) in [5, 5.41) is 0.819. The van der Waals surface area contributed by atoms with Gasteiger partial charge in [0, 0.05) is 5.69 Å². The van der Waals surface area contributed by atoms with Crippen molar-refractivity contribution in [1.82, 2.24) is 19.4 Å². The summed E-state index contributed by atoms with van der Waals surface area (Å²) in [5.74, 6) is 0. The summed E-state index contributed by atoms with van der Waals surface area (Å²) in [6.45, 7) is 6.56. The molecule has 3 heterocycles. The van der Waals surface area contributed by atoms with Crippen LogP contribution in [0.5, 0.6) is 0 Å². The van der Waals surface area contributed by atoms with Gasteiger partial charge in [-0.05, 0) is 57.4 Å². The van der Waals surface area contributed by atoms with Crippen molar-refractivity contribution in [2.75, 3.05) is 13.2 Å². The number of rotatable bonds is 2. The molecule has 1 atom stereocenters. The molecule has 1 spiro atoms. The molecule has 1 saturated heterocycles. The highest BCUT2D eigenvalue weighted by Crippen LogP contribution is 2.49. The highest BCUT2D eigenvalue weighted by molar-refractivity contribution is 6.31. The molecule has 0 bridgehead atoms. The van der Waals surface area contributed by atoms with E-state index in [-0.39, 0.29) is 23.2 Å². The van der Waals surface area contributed by atoms with Crippen LogP contribution in [0.2, 0.25) is 5.15 Å². The molecule has 2 fully saturated rings. The van der Waals surface area contributed by atoms with Crippen molar-refractivity contribution in [1.29, 1.82) is 0 Å². The van der Waals surface area contributed by atoms with Crippen molar-refractivity contribution in [2.45, 2.75) is 50.8 Å². The summed E-state index contributed by atoms with van der Waals surface area (Å²) < 4.78 is 13.3. The number of carbonyl (C=O) groups is 1. The van der Waals surface area contributed by atoms with Crippen LogP contribution in [-0.4, -0.2) is 49.9 Å². The van der Waals surface area contributed by atoms with E-state index in [0.717, 1.165) is 24.1 Å². The molecule has 1 unspecified atom stereocenters. The summed E-state index contributed by atoms with van der Waals surface area (Å²) in [7, 11) is 0. The third-order valence-electron chi connectivity index (χ3n) is 5.98. The highest BCUT2D eigenvalue weighted by Gasteiger charge is 2.56. The topological polar surface area (TPSA) is 89.5 Å². The van der Waals surface area contributed by atoms with Gasteiger partial charge in [0.2, 0.25) is 0 Å². The van der Waals surface area contributed by atoms with Gasteiger partial charge < -0.3 is 14.5 Å². The van der Waals surface area contributed by atoms with Gasteiger partial charge in [-0.2, -0.15) is 0 Å². The first-order valence-electron chi connectivity index (χ1n) is 10.6. The summed E-state index contributed by atoms with van der Waals surface area (Å²) in [5.41, 5.74) is 1.11. The number of carbonyl (C=O) groups excluding carboxylic acids is 1. The summed E-state index contributed by atoms with van der Waals surface area (Å²) in [4.78, 5) is 33.9. The van der Waals surface area contributed by atoms with Crippen LogP contribution in [-0.2, 0) is 9.47 Å². The van der Waals surface area contributed by atoms with Gasteiger partial charge in [0.15, 0.2) is 5.65 Å². The van der Waals surface area contributed by atoms with E-state index in [9.17, 15) is 9.59 Å². The molecular weight excluding hydrogens is 432 g/mol. The lowest BCUT2D eigenvalue weighted by molar-refractivity contribution is -0.0711. The number of fused-ring (bicyclic) bond motifs is 1. The monoisotopic (exact) mass is 456 g/mol. The minimum absolute atomic E-state index is 0.241. The Morgan fingerprint density at radius 1 is 1.28 bits per heavy atom. The van der Waals surface area contributed by atoms with Gasteiger partial charge in [-0.25, -0.2) is 9.78 Å².